The minimum absolute atomic E-state index is 0.221. The Kier molecular flexibility index (Phi) is 3.01. The van der Waals surface area contributed by atoms with Gasteiger partial charge in [-0.2, -0.15) is 5.06 Å². The van der Waals surface area contributed by atoms with Crippen LogP contribution in [0, 0.1) is 19.7 Å². The van der Waals surface area contributed by atoms with Crippen LogP contribution in [0.1, 0.15) is 16.7 Å². The number of hydroxylamine groups is 2. The minimum Gasteiger partial charge on any atom is -0.314 e. The predicted octanol–water partition coefficient (Wildman–Crippen LogP) is 2.26. The fourth-order valence-electron chi connectivity index (χ4n) is 1.26. The summed E-state index contributed by atoms with van der Waals surface area (Å²) in [5.41, 5.74) is 2.04. The summed E-state index contributed by atoms with van der Waals surface area (Å²) in [6.45, 7) is 3.77. The lowest BCUT2D eigenvalue weighted by atomic mass is 10.0. The van der Waals surface area contributed by atoms with Crippen LogP contribution in [0.2, 0.25) is 0 Å². The van der Waals surface area contributed by atoms with Gasteiger partial charge in [0.05, 0.1) is 6.54 Å². The molecular weight excluding hydrogens is 169 g/mol. The van der Waals surface area contributed by atoms with Crippen LogP contribution in [0.25, 0.3) is 0 Å². The largest absolute Gasteiger partial charge is 0.314 e. The summed E-state index contributed by atoms with van der Waals surface area (Å²) in [5.74, 6) is -0.221. The van der Waals surface area contributed by atoms with Gasteiger partial charge in [0.1, 0.15) is 5.82 Å². The van der Waals surface area contributed by atoms with Crippen molar-refractivity contribution in [3.63, 3.8) is 0 Å². The van der Waals surface area contributed by atoms with Gasteiger partial charge in [0.25, 0.3) is 0 Å². The van der Waals surface area contributed by atoms with Gasteiger partial charge in [0, 0.05) is 12.6 Å². The SMILES string of the molecule is Cc1ccc(C)c(CN(C)O)c1F. The molecule has 0 atom stereocenters. The molecular formula is C10H14FNO. The molecule has 2 nitrogen and oxygen atoms in total. The molecule has 0 aromatic heterocycles. The average Bonchev–Trinajstić information content (AvgIpc) is 2.05. The van der Waals surface area contributed by atoms with Crippen molar-refractivity contribution in [1.82, 2.24) is 5.06 Å². The summed E-state index contributed by atoms with van der Waals surface area (Å²) in [7, 11) is 1.50. The van der Waals surface area contributed by atoms with Crippen LogP contribution in [0.4, 0.5) is 4.39 Å². The Hall–Kier alpha value is -0.930. The van der Waals surface area contributed by atoms with Crippen LogP contribution in [-0.4, -0.2) is 17.3 Å². The molecule has 3 heteroatoms. The summed E-state index contributed by atoms with van der Waals surface area (Å²) >= 11 is 0. The maximum atomic E-state index is 13.5. The number of nitrogens with zero attached hydrogens (tertiary/aromatic N) is 1. The van der Waals surface area contributed by atoms with E-state index >= 15 is 0 Å². The van der Waals surface area contributed by atoms with E-state index < -0.39 is 0 Å². The second kappa shape index (κ2) is 3.85. The van der Waals surface area contributed by atoms with E-state index in [4.69, 9.17) is 5.21 Å². The Bertz CT molecular complexity index is 310. The van der Waals surface area contributed by atoms with Gasteiger partial charge in [-0.15, -0.1) is 0 Å². The number of aryl methyl sites for hydroxylation is 2. The number of halogens is 1. The Morgan fingerprint density at radius 3 is 2.38 bits per heavy atom. The highest BCUT2D eigenvalue weighted by Crippen LogP contribution is 2.17. The number of hydrogen-bond donors (Lipinski definition) is 1. The van der Waals surface area contributed by atoms with Crippen molar-refractivity contribution in [2.45, 2.75) is 20.4 Å². The van der Waals surface area contributed by atoms with Crippen molar-refractivity contribution >= 4 is 0 Å². The maximum Gasteiger partial charge on any atom is 0.130 e. The first-order valence-corrected chi connectivity index (χ1v) is 4.17. The Morgan fingerprint density at radius 2 is 1.85 bits per heavy atom. The van der Waals surface area contributed by atoms with Crippen molar-refractivity contribution in [3.05, 3.63) is 34.6 Å². The lowest BCUT2D eigenvalue weighted by Gasteiger charge is -2.12. The normalized spacial score (nSPS) is 10.9. The first-order valence-electron chi connectivity index (χ1n) is 4.17. The fraction of sp³-hybridized carbons (Fsp3) is 0.400. The van der Waals surface area contributed by atoms with Gasteiger partial charge in [-0.1, -0.05) is 12.1 Å². The highest BCUT2D eigenvalue weighted by atomic mass is 19.1. The standard InChI is InChI=1S/C10H14FNO/c1-7-4-5-8(2)10(11)9(7)6-12(3)13/h4-5,13H,6H2,1-3H3. The van der Waals surface area contributed by atoms with Gasteiger partial charge in [-0.25, -0.2) is 4.39 Å². The van der Waals surface area contributed by atoms with E-state index in [0.29, 0.717) is 11.1 Å². The zero-order chi connectivity index (χ0) is 10.0. The average molecular weight is 183 g/mol. The van der Waals surface area contributed by atoms with Crippen LogP contribution in [-0.2, 0) is 6.54 Å². The van der Waals surface area contributed by atoms with Gasteiger partial charge in [0.2, 0.25) is 0 Å². The van der Waals surface area contributed by atoms with Gasteiger partial charge in [-0.05, 0) is 25.0 Å². The van der Waals surface area contributed by atoms with Gasteiger partial charge in [0.15, 0.2) is 0 Å². The van der Waals surface area contributed by atoms with Crippen LogP contribution >= 0.6 is 0 Å². The van der Waals surface area contributed by atoms with Crippen LogP contribution in [0.3, 0.4) is 0 Å². The fourth-order valence-corrected chi connectivity index (χ4v) is 1.26. The molecule has 1 aromatic rings. The summed E-state index contributed by atoms with van der Waals surface area (Å²) < 4.78 is 13.5. The highest BCUT2D eigenvalue weighted by molar-refractivity contribution is 5.32. The molecule has 1 aromatic carbocycles. The first-order chi connectivity index (χ1) is 6.02. The van der Waals surface area contributed by atoms with E-state index in [1.54, 1.807) is 13.0 Å². The molecule has 0 heterocycles. The molecule has 1 N–H and O–H groups in total. The Balaban J connectivity index is 3.10. The summed E-state index contributed by atoms with van der Waals surface area (Å²) in [4.78, 5) is 0. The zero-order valence-corrected chi connectivity index (χ0v) is 8.13. The van der Waals surface area contributed by atoms with Crippen molar-refractivity contribution in [2.24, 2.45) is 0 Å². The van der Waals surface area contributed by atoms with Crippen LogP contribution in [0.5, 0.6) is 0 Å². The van der Waals surface area contributed by atoms with E-state index in [-0.39, 0.29) is 12.4 Å². The third-order valence-corrected chi connectivity index (χ3v) is 2.06. The first kappa shape index (κ1) is 10.2. The van der Waals surface area contributed by atoms with Gasteiger partial charge >= 0.3 is 0 Å². The summed E-state index contributed by atoms with van der Waals surface area (Å²) in [6.07, 6.45) is 0. The van der Waals surface area contributed by atoms with E-state index in [2.05, 4.69) is 0 Å². The third-order valence-electron chi connectivity index (χ3n) is 2.06. The van der Waals surface area contributed by atoms with Crippen molar-refractivity contribution in [2.75, 3.05) is 7.05 Å². The van der Waals surface area contributed by atoms with Crippen molar-refractivity contribution < 1.29 is 9.60 Å². The van der Waals surface area contributed by atoms with E-state index in [0.717, 1.165) is 10.6 Å². The predicted molar refractivity (Wildman–Crippen MR) is 49.1 cm³/mol. The molecule has 13 heavy (non-hydrogen) atoms. The molecule has 0 saturated carbocycles. The van der Waals surface area contributed by atoms with Crippen LogP contribution < -0.4 is 0 Å². The Morgan fingerprint density at radius 1 is 1.31 bits per heavy atom. The molecule has 0 aliphatic heterocycles. The summed E-state index contributed by atoms with van der Waals surface area (Å²) in [5, 5.41) is 9.99. The third kappa shape index (κ3) is 2.26. The molecule has 0 radical (unpaired) electrons. The van der Waals surface area contributed by atoms with Crippen LogP contribution in [0.15, 0.2) is 12.1 Å². The monoisotopic (exact) mass is 183 g/mol. The molecule has 0 saturated heterocycles. The van der Waals surface area contributed by atoms with E-state index in [9.17, 15) is 4.39 Å². The number of hydrogen-bond acceptors (Lipinski definition) is 2. The highest BCUT2D eigenvalue weighted by Gasteiger charge is 2.09. The maximum absolute atomic E-state index is 13.5. The topological polar surface area (TPSA) is 23.5 Å². The number of benzene rings is 1. The Labute approximate surface area is 77.6 Å². The van der Waals surface area contributed by atoms with Gasteiger partial charge < -0.3 is 5.21 Å². The molecule has 0 fully saturated rings. The lowest BCUT2D eigenvalue weighted by molar-refractivity contribution is -0.0740. The van der Waals surface area contributed by atoms with E-state index in [1.165, 1.54) is 7.05 Å². The molecule has 0 spiro atoms. The molecule has 0 bridgehead atoms. The summed E-state index contributed by atoms with van der Waals surface area (Å²) in [6, 6.07) is 3.60. The van der Waals surface area contributed by atoms with E-state index in [1.807, 2.05) is 13.0 Å². The molecule has 72 valence electrons. The minimum atomic E-state index is -0.221. The molecule has 0 aliphatic carbocycles. The van der Waals surface area contributed by atoms with Crippen molar-refractivity contribution in [3.8, 4) is 0 Å². The molecule has 0 aliphatic rings. The number of rotatable bonds is 2. The lowest BCUT2D eigenvalue weighted by Crippen LogP contribution is -2.14. The second-order valence-corrected chi connectivity index (χ2v) is 3.31. The van der Waals surface area contributed by atoms with Gasteiger partial charge in [-0.3, -0.25) is 0 Å². The zero-order valence-electron chi connectivity index (χ0n) is 8.13. The van der Waals surface area contributed by atoms with Crippen molar-refractivity contribution in [1.29, 1.82) is 0 Å². The smallest absolute Gasteiger partial charge is 0.130 e. The quantitative estimate of drug-likeness (QED) is 0.711. The molecule has 0 amide bonds. The molecule has 0 unspecified atom stereocenters. The second-order valence-electron chi connectivity index (χ2n) is 3.31. The molecule has 1 rings (SSSR count).